The van der Waals surface area contributed by atoms with Crippen LogP contribution in [0, 0.1) is 11.8 Å². The first-order valence-electron chi connectivity index (χ1n) is 9.76. The van der Waals surface area contributed by atoms with Crippen molar-refractivity contribution in [3.63, 3.8) is 0 Å². The van der Waals surface area contributed by atoms with E-state index in [2.05, 4.69) is 49.4 Å². The van der Waals surface area contributed by atoms with Crippen LogP contribution in [0.5, 0.6) is 0 Å². The van der Waals surface area contributed by atoms with Crippen LogP contribution in [0.2, 0.25) is 0 Å². The lowest BCUT2D eigenvalue weighted by Crippen LogP contribution is -2.70. The van der Waals surface area contributed by atoms with Gasteiger partial charge in [-0.05, 0) is 34.4 Å². The highest BCUT2D eigenvalue weighted by atomic mass is 79.9. The second kappa shape index (κ2) is 6.05. The van der Waals surface area contributed by atoms with Gasteiger partial charge in [0.2, 0.25) is 5.91 Å². The highest BCUT2D eigenvalue weighted by Gasteiger charge is 2.70. The summed E-state index contributed by atoms with van der Waals surface area (Å²) < 4.78 is -1.56. The third-order valence-corrected chi connectivity index (χ3v) is 9.31. The summed E-state index contributed by atoms with van der Waals surface area (Å²) in [5, 5.41) is 1.40. The van der Waals surface area contributed by atoms with Crippen LogP contribution in [0.1, 0.15) is 22.3 Å². The van der Waals surface area contributed by atoms with E-state index in [1.54, 1.807) is 0 Å². The highest BCUT2D eigenvalue weighted by Crippen LogP contribution is 2.69. The minimum absolute atomic E-state index is 0.129. The summed E-state index contributed by atoms with van der Waals surface area (Å²) in [7, 11) is 0. The number of nitrogens with zero attached hydrogens (tertiary/aromatic N) is 1. The number of benzene rings is 3. The van der Waals surface area contributed by atoms with Gasteiger partial charge in [-0.25, -0.2) is 5.01 Å². The fourth-order valence-electron chi connectivity index (χ4n) is 5.44. The van der Waals surface area contributed by atoms with Crippen molar-refractivity contribution in [3.8, 4) is 0 Å². The van der Waals surface area contributed by atoms with Gasteiger partial charge in [-0.15, -0.1) is 0 Å². The summed E-state index contributed by atoms with van der Waals surface area (Å²) in [5.41, 5.74) is 7.62. The maximum Gasteiger partial charge on any atom is 0.251 e. The zero-order valence-electron chi connectivity index (χ0n) is 15.7. The molecule has 2 amide bonds. The summed E-state index contributed by atoms with van der Waals surface area (Å²) >= 11 is 8.00. The summed E-state index contributed by atoms with van der Waals surface area (Å²) in [6.45, 7) is 0. The summed E-state index contributed by atoms with van der Waals surface area (Å²) in [6.07, 6.45) is 0. The minimum Gasteiger partial charge on any atom is -0.273 e. The van der Waals surface area contributed by atoms with Gasteiger partial charge in [-0.1, -0.05) is 98.6 Å². The molecule has 4 nitrogen and oxygen atoms in total. The first kappa shape index (κ1) is 18.3. The molecule has 3 aliphatic carbocycles. The molecule has 0 unspecified atom stereocenters. The molecule has 7 rings (SSSR count). The summed E-state index contributed by atoms with van der Waals surface area (Å²) in [6, 6.07) is 25.4. The summed E-state index contributed by atoms with van der Waals surface area (Å²) in [4.78, 5) is 27.5. The molecular weight excluding hydrogens is 508 g/mol. The van der Waals surface area contributed by atoms with Gasteiger partial charge < -0.3 is 0 Å². The molecule has 6 heteroatoms. The standard InChI is InChI=1S/C24H16Br2N2O2/c25-23-15-10-4-6-12-17(15)24(26,18-13-7-5-11-16(18)23)20-19(23)21(29)27-28(22(20)30)14-8-2-1-3-9-14/h1-13,19-20H,(H,27,29)/t19-,20+,23?,24?/m0/s1. The third-order valence-electron chi connectivity index (χ3n) is 6.62. The third kappa shape index (κ3) is 2.01. The molecular formula is C24H16Br2N2O2. The first-order chi connectivity index (χ1) is 14.5. The molecule has 0 radical (unpaired) electrons. The number of alkyl halides is 2. The van der Waals surface area contributed by atoms with Gasteiger partial charge in [0.05, 0.1) is 26.2 Å². The Balaban J connectivity index is 1.66. The largest absolute Gasteiger partial charge is 0.273 e. The van der Waals surface area contributed by atoms with Gasteiger partial charge in [0.1, 0.15) is 0 Å². The monoisotopic (exact) mass is 522 g/mol. The smallest absolute Gasteiger partial charge is 0.251 e. The van der Waals surface area contributed by atoms with Crippen molar-refractivity contribution >= 4 is 49.4 Å². The molecule has 1 aliphatic heterocycles. The van der Waals surface area contributed by atoms with Crippen molar-refractivity contribution in [1.29, 1.82) is 0 Å². The van der Waals surface area contributed by atoms with E-state index in [9.17, 15) is 9.59 Å². The molecule has 0 spiro atoms. The van der Waals surface area contributed by atoms with E-state index in [4.69, 9.17) is 0 Å². The van der Waals surface area contributed by atoms with Crippen molar-refractivity contribution in [2.75, 3.05) is 5.01 Å². The topological polar surface area (TPSA) is 49.4 Å². The number of anilines is 1. The van der Waals surface area contributed by atoms with Gasteiger partial charge in [-0.3, -0.25) is 15.0 Å². The molecule has 3 aromatic carbocycles. The first-order valence-corrected chi connectivity index (χ1v) is 11.3. The van der Waals surface area contributed by atoms with Gasteiger partial charge in [0, 0.05) is 0 Å². The van der Waals surface area contributed by atoms with E-state index >= 15 is 0 Å². The van der Waals surface area contributed by atoms with Crippen LogP contribution in [0.4, 0.5) is 5.69 Å². The van der Waals surface area contributed by atoms with Crippen molar-refractivity contribution < 1.29 is 9.59 Å². The lowest BCUT2D eigenvalue weighted by molar-refractivity contribution is -0.143. The number of hydrogen-bond acceptors (Lipinski definition) is 2. The second-order valence-electron chi connectivity index (χ2n) is 7.96. The molecule has 1 heterocycles. The normalized spacial score (nSPS) is 30.9. The van der Waals surface area contributed by atoms with Crippen LogP contribution in [0.3, 0.4) is 0 Å². The average molecular weight is 524 g/mol. The number of halogens is 2. The molecule has 1 fully saturated rings. The number of hydrazine groups is 1. The highest BCUT2D eigenvalue weighted by molar-refractivity contribution is 9.10. The molecule has 1 N–H and O–H groups in total. The maximum atomic E-state index is 13.9. The maximum absolute atomic E-state index is 13.9. The van der Waals surface area contributed by atoms with Gasteiger partial charge in [-0.2, -0.15) is 0 Å². The number of para-hydroxylation sites is 1. The molecule has 4 aliphatic rings. The Morgan fingerprint density at radius 3 is 1.60 bits per heavy atom. The van der Waals surface area contributed by atoms with Crippen LogP contribution in [0.25, 0.3) is 0 Å². The predicted molar refractivity (Wildman–Crippen MR) is 121 cm³/mol. The van der Waals surface area contributed by atoms with E-state index in [0.717, 1.165) is 22.3 Å². The van der Waals surface area contributed by atoms with Crippen molar-refractivity contribution in [1.82, 2.24) is 5.43 Å². The fraction of sp³-hybridized carbons (Fsp3) is 0.167. The fourth-order valence-corrected chi connectivity index (χ4v) is 7.76. The SMILES string of the molecule is O=C1NN(c2ccccc2)C(=O)[C@H]2[C@@H]1C1(Br)c3ccccc3C2(Br)c2ccccc21. The van der Waals surface area contributed by atoms with E-state index < -0.39 is 20.5 Å². The number of hydrogen-bond donors (Lipinski definition) is 1. The van der Waals surface area contributed by atoms with Crippen molar-refractivity contribution in [2.24, 2.45) is 11.8 Å². The van der Waals surface area contributed by atoms with Crippen molar-refractivity contribution in [3.05, 3.63) is 101 Å². The van der Waals surface area contributed by atoms with Crippen LogP contribution in [-0.4, -0.2) is 11.8 Å². The Hall–Kier alpha value is -2.44. The van der Waals surface area contributed by atoms with E-state index in [1.165, 1.54) is 5.01 Å². The zero-order valence-corrected chi connectivity index (χ0v) is 18.9. The molecule has 0 aromatic heterocycles. The molecule has 0 saturated carbocycles. The zero-order chi connectivity index (χ0) is 20.7. The van der Waals surface area contributed by atoms with E-state index in [1.807, 2.05) is 66.7 Å². The number of carbonyl (C=O) groups is 2. The minimum atomic E-state index is -0.789. The Labute approximate surface area is 190 Å². The Bertz CT molecular complexity index is 1180. The number of carbonyl (C=O) groups excluding carboxylic acids is 2. The van der Waals surface area contributed by atoms with Crippen LogP contribution >= 0.6 is 31.9 Å². The number of nitrogens with one attached hydrogen (secondary N) is 1. The van der Waals surface area contributed by atoms with E-state index in [0.29, 0.717) is 5.69 Å². The van der Waals surface area contributed by atoms with E-state index in [-0.39, 0.29) is 11.8 Å². The van der Waals surface area contributed by atoms with Crippen LogP contribution < -0.4 is 10.4 Å². The Morgan fingerprint density at radius 2 is 1.10 bits per heavy atom. The van der Waals surface area contributed by atoms with Crippen LogP contribution in [-0.2, 0) is 18.2 Å². The van der Waals surface area contributed by atoms with Crippen molar-refractivity contribution in [2.45, 2.75) is 8.65 Å². The Morgan fingerprint density at radius 1 is 0.667 bits per heavy atom. The molecule has 1 saturated heterocycles. The quantitative estimate of drug-likeness (QED) is 0.474. The van der Waals surface area contributed by atoms with Gasteiger partial charge >= 0.3 is 0 Å². The van der Waals surface area contributed by atoms with Crippen LogP contribution in [0.15, 0.2) is 78.9 Å². The number of amides is 2. The lowest BCUT2D eigenvalue weighted by atomic mass is 9.53. The molecule has 148 valence electrons. The molecule has 2 bridgehead atoms. The predicted octanol–water partition coefficient (Wildman–Crippen LogP) is 4.60. The molecule has 30 heavy (non-hydrogen) atoms. The second-order valence-corrected chi connectivity index (χ2v) is 10.5. The average Bonchev–Trinajstić information content (AvgIpc) is 2.79. The number of rotatable bonds is 1. The Kier molecular flexibility index (Phi) is 3.70. The summed E-state index contributed by atoms with van der Waals surface area (Å²) in [5.74, 6) is -1.49. The van der Waals surface area contributed by atoms with Gasteiger partial charge in [0.15, 0.2) is 0 Å². The lowest BCUT2D eigenvalue weighted by Gasteiger charge is -2.60. The molecule has 2 atom stereocenters. The molecule has 3 aromatic rings. The van der Waals surface area contributed by atoms with Gasteiger partial charge in [0.25, 0.3) is 5.91 Å².